The zero-order valence-electron chi connectivity index (χ0n) is 17.6. The molecule has 0 saturated heterocycles. The number of nitrogens with two attached hydrogens (primary N) is 1. The third-order valence-corrected chi connectivity index (χ3v) is 5.78. The average molecular weight is 493 g/mol. The van der Waals surface area contributed by atoms with E-state index >= 15 is 0 Å². The molecule has 0 radical (unpaired) electrons. The van der Waals surface area contributed by atoms with Crippen LogP contribution in [-0.4, -0.2) is 26.8 Å². The van der Waals surface area contributed by atoms with E-state index in [1.165, 1.54) is 18.2 Å². The summed E-state index contributed by atoms with van der Waals surface area (Å²) < 4.78 is 1.68. The van der Waals surface area contributed by atoms with Gasteiger partial charge >= 0.3 is 5.97 Å². The van der Waals surface area contributed by atoms with Crippen molar-refractivity contribution in [2.75, 3.05) is 0 Å². The predicted molar refractivity (Wildman–Crippen MR) is 133 cm³/mol. The van der Waals surface area contributed by atoms with Crippen molar-refractivity contribution in [2.24, 2.45) is 5.84 Å². The Balaban J connectivity index is 1.98. The number of para-hydroxylation sites is 1. The first kappa shape index (κ1) is 23.3. The van der Waals surface area contributed by atoms with Gasteiger partial charge in [-0.1, -0.05) is 71.7 Å². The summed E-state index contributed by atoms with van der Waals surface area (Å²) in [4.78, 5) is 24.5. The predicted octanol–water partition coefficient (Wildman–Crippen LogP) is 5.07. The maximum absolute atomic E-state index is 12.8. The number of carbonyl (C=O) groups is 2. The third kappa shape index (κ3) is 4.58. The highest BCUT2D eigenvalue weighted by molar-refractivity contribution is 6.43. The van der Waals surface area contributed by atoms with Crippen LogP contribution in [0.4, 0.5) is 0 Å². The molecule has 0 aliphatic carbocycles. The third-order valence-electron chi connectivity index (χ3n) is 5.08. The second-order valence-corrected chi connectivity index (χ2v) is 7.98. The number of rotatable bonds is 6. The molecule has 34 heavy (non-hydrogen) atoms. The van der Waals surface area contributed by atoms with Gasteiger partial charge in [0.1, 0.15) is 0 Å². The molecular formula is C25H18Cl2N4O3. The molecule has 0 saturated carbocycles. The highest BCUT2D eigenvalue weighted by Gasteiger charge is 2.23. The summed E-state index contributed by atoms with van der Waals surface area (Å²) in [5, 5.41) is 14.1. The Morgan fingerprint density at radius 1 is 0.971 bits per heavy atom. The zero-order valence-corrected chi connectivity index (χ0v) is 19.1. The highest BCUT2D eigenvalue weighted by atomic mass is 35.5. The quantitative estimate of drug-likeness (QED) is 0.150. The first-order chi connectivity index (χ1) is 16.4. The molecule has 3 aromatic carbocycles. The Bertz CT molecular complexity index is 1400. The number of carbonyl (C=O) groups excluding carboxylic acids is 1. The van der Waals surface area contributed by atoms with Crippen molar-refractivity contribution in [3.05, 3.63) is 106 Å². The fourth-order valence-electron chi connectivity index (χ4n) is 3.48. The normalized spacial score (nSPS) is 11.3. The highest BCUT2D eigenvalue weighted by Crippen LogP contribution is 2.36. The van der Waals surface area contributed by atoms with Crippen LogP contribution in [0.2, 0.25) is 10.0 Å². The van der Waals surface area contributed by atoms with Crippen molar-refractivity contribution in [1.82, 2.24) is 15.2 Å². The molecule has 4 rings (SSSR count). The second kappa shape index (κ2) is 9.93. The van der Waals surface area contributed by atoms with Gasteiger partial charge in [-0.25, -0.2) is 15.3 Å². The van der Waals surface area contributed by atoms with Crippen molar-refractivity contribution in [1.29, 1.82) is 0 Å². The van der Waals surface area contributed by atoms with Gasteiger partial charge < -0.3 is 5.11 Å². The summed E-state index contributed by atoms with van der Waals surface area (Å²) in [6.07, 6.45) is 3.29. The molecule has 7 nitrogen and oxygen atoms in total. The Labute approximate surface area is 205 Å². The number of hydrazine groups is 1. The molecule has 9 heteroatoms. The molecule has 0 bridgehead atoms. The van der Waals surface area contributed by atoms with Gasteiger partial charge in [-0.05, 0) is 30.3 Å². The van der Waals surface area contributed by atoms with Crippen molar-refractivity contribution >= 4 is 46.7 Å². The summed E-state index contributed by atoms with van der Waals surface area (Å²) in [7, 11) is 0. The minimum Gasteiger partial charge on any atom is -0.478 e. The second-order valence-electron chi connectivity index (χ2n) is 7.20. The van der Waals surface area contributed by atoms with Crippen molar-refractivity contribution in [3.8, 4) is 16.9 Å². The summed E-state index contributed by atoms with van der Waals surface area (Å²) in [5.41, 5.74) is 4.72. The van der Waals surface area contributed by atoms with Crippen LogP contribution in [-0.2, 0) is 4.79 Å². The first-order valence-electron chi connectivity index (χ1n) is 10.1. The number of aromatic carboxylic acids is 1. The first-order valence-corrected chi connectivity index (χ1v) is 10.8. The number of aromatic nitrogens is 2. The lowest BCUT2D eigenvalue weighted by Crippen LogP contribution is -2.31. The SMILES string of the molecule is NNC(=O)C(=Cc1cn(-c2ccccc2)nc1-c1ccccc1)c1c(Cl)ccc(C(=O)O)c1Cl. The van der Waals surface area contributed by atoms with Gasteiger partial charge in [0.2, 0.25) is 0 Å². The van der Waals surface area contributed by atoms with E-state index in [4.69, 9.17) is 34.1 Å². The minimum absolute atomic E-state index is 0.00890. The monoisotopic (exact) mass is 492 g/mol. The van der Waals surface area contributed by atoms with Gasteiger partial charge in [-0.2, -0.15) is 5.10 Å². The zero-order chi connectivity index (χ0) is 24.2. The van der Waals surface area contributed by atoms with Crippen molar-refractivity contribution in [2.45, 2.75) is 0 Å². The maximum atomic E-state index is 12.8. The molecule has 0 aliphatic heterocycles. The fourth-order valence-corrected chi connectivity index (χ4v) is 4.13. The lowest BCUT2D eigenvalue weighted by molar-refractivity contribution is -0.115. The summed E-state index contributed by atoms with van der Waals surface area (Å²) in [5.74, 6) is 3.49. The summed E-state index contributed by atoms with van der Waals surface area (Å²) >= 11 is 12.7. The van der Waals surface area contributed by atoms with Crippen LogP contribution in [0.3, 0.4) is 0 Å². The molecule has 1 amide bonds. The number of carboxylic acid groups (broad SMARTS) is 1. The fraction of sp³-hybridized carbons (Fsp3) is 0. The molecule has 0 fully saturated rings. The molecule has 1 heterocycles. The Morgan fingerprint density at radius 2 is 1.62 bits per heavy atom. The summed E-state index contributed by atoms with van der Waals surface area (Å²) in [6, 6.07) is 21.5. The van der Waals surface area contributed by atoms with Crippen LogP contribution in [0.5, 0.6) is 0 Å². The smallest absolute Gasteiger partial charge is 0.337 e. The Morgan fingerprint density at radius 3 is 2.24 bits per heavy atom. The molecule has 0 aliphatic rings. The number of benzene rings is 3. The number of nitrogens with zero attached hydrogens (tertiary/aromatic N) is 2. The van der Waals surface area contributed by atoms with Crippen LogP contribution in [0, 0.1) is 0 Å². The van der Waals surface area contributed by atoms with Gasteiger partial charge in [0.25, 0.3) is 5.91 Å². The molecule has 0 unspecified atom stereocenters. The number of hydrogen-bond acceptors (Lipinski definition) is 4. The number of halogens is 2. The number of hydrogen-bond donors (Lipinski definition) is 3. The van der Waals surface area contributed by atoms with E-state index < -0.39 is 11.9 Å². The van der Waals surface area contributed by atoms with E-state index in [1.54, 1.807) is 10.9 Å². The lowest BCUT2D eigenvalue weighted by Gasteiger charge is -2.12. The molecule has 4 N–H and O–H groups in total. The maximum Gasteiger partial charge on any atom is 0.337 e. The topological polar surface area (TPSA) is 110 Å². The molecule has 4 aromatic rings. The molecular weight excluding hydrogens is 475 g/mol. The molecule has 0 spiro atoms. The molecule has 0 atom stereocenters. The Kier molecular flexibility index (Phi) is 6.79. The summed E-state index contributed by atoms with van der Waals surface area (Å²) in [6.45, 7) is 0. The van der Waals surface area contributed by atoms with Gasteiger partial charge in [-0.15, -0.1) is 0 Å². The average Bonchev–Trinajstić information content (AvgIpc) is 3.27. The van der Waals surface area contributed by atoms with Crippen LogP contribution in [0.1, 0.15) is 21.5 Å². The van der Waals surface area contributed by atoms with Crippen LogP contribution >= 0.6 is 23.2 Å². The van der Waals surface area contributed by atoms with Crippen LogP contribution in [0.25, 0.3) is 28.6 Å². The standard InChI is InChI=1S/C25H18Cl2N4O3/c26-20-12-11-18(25(33)34)22(27)21(20)19(24(32)29-28)13-16-14-31(17-9-5-2-6-10-17)30-23(16)15-7-3-1-4-8-15/h1-14H,28H2,(H,29,32)(H,33,34). The van der Waals surface area contributed by atoms with Gasteiger partial charge in [0, 0.05) is 22.9 Å². The van der Waals surface area contributed by atoms with E-state index in [1.807, 2.05) is 60.7 Å². The largest absolute Gasteiger partial charge is 0.478 e. The van der Waals surface area contributed by atoms with Gasteiger partial charge in [-0.3, -0.25) is 10.2 Å². The van der Waals surface area contributed by atoms with Crippen LogP contribution < -0.4 is 11.3 Å². The van der Waals surface area contributed by atoms with E-state index in [0.29, 0.717) is 11.3 Å². The van der Waals surface area contributed by atoms with E-state index in [2.05, 4.69) is 5.43 Å². The van der Waals surface area contributed by atoms with E-state index in [9.17, 15) is 14.7 Å². The van der Waals surface area contributed by atoms with Crippen molar-refractivity contribution < 1.29 is 14.7 Å². The van der Waals surface area contributed by atoms with E-state index in [0.717, 1.165) is 11.3 Å². The molecule has 170 valence electrons. The minimum atomic E-state index is -1.25. The van der Waals surface area contributed by atoms with Gasteiger partial charge in [0.05, 0.1) is 32.6 Å². The van der Waals surface area contributed by atoms with Gasteiger partial charge in [0.15, 0.2) is 0 Å². The number of amides is 1. The number of nitrogens with one attached hydrogen (secondary N) is 1. The molecule has 1 aromatic heterocycles. The Hall–Kier alpha value is -3.91. The lowest BCUT2D eigenvalue weighted by atomic mass is 9.98. The van der Waals surface area contributed by atoms with Crippen LogP contribution in [0.15, 0.2) is 79.0 Å². The number of carboxylic acids is 1. The van der Waals surface area contributed by atoms with E-state index in [-0.39, 0.29) is 26.7 Å². The van der Waals surface area contributed by atoms with Crippen molar-refractivity contribution in [3.63, 3.8) is 0 Å².